The van der Waals surface area contributed by atoms with Crippen LogP contribution in [-0.4, -0.2) is 52.1 Å². The van der Waals surface area contributed by atoms with E-state index in [0.717, 1.165) is 29.9 Å². The predicted octanol–water partition coefficient (Wildman–Crippen LogP) is 1.39. The Labute approximate surface area is 118 Å². The second-order valence-corrected chi connectivity index (χ2v) is 5.95. The number of carboxylic acids is 1. The van der Waals surface area contributed by atoms with Gasteiger partial charge in [0.05, 0.1) is 6.54 Å². The molecule has 2 N–H and O–H groups in total. The van der Waals surface area contributed by atoms with Gasteiger partial charge in [-0.25, -0.2) is 4.79 Å². The minimum atomic E-state index is -1.06. The van der Waals surface area contributed by atoms with E-state index >= 15 is 0 Å². The first-order valence-electron chi connectivity index (χ1n) is 6.40. The fourth-order valence-corrected chi connectivity index (χ4v) is 3.43. The lowest BCUT2D eigenvalue weighted by Gasteiger charge is -2.25. The molecule has 0 aromatic heterocycles. The number of carbonyl (C=O) groups excluding carboxylic acids is 1. The predicted molar refractivity (Wildman–Crippen MR) is 76.1 cm³/mol. The van der Waals surface area contributed by atoms with Gasteiger partial charge in [-0.15, -0.1) is 6.42 Å². The summed E-state index contributed by atoms with van der Waals surface area (Å²) in [5.41, 5.74) is 0. The Bertz CT molecular complexity index is 367. The summed E-state index contributed by atoms with van der Waals surface area (Å²) in [7, 11) is 0. The van der Waals surface area contributed by atoms with E-state index in [9.17, 15) is 9.59 Å². The third-order valence-corrected chi connectivity index (χ3v) is 4.36. The molecule has 1 saturated carbocycles. The molecule has 0 saturated heterocycles. The quantitative estimate of drug-likeness (QED) is 0.723. The van der Waals surface area contributed by atoms with Gasteiger partial charge in [0.25, 0.3) is 0 Å². The van der Waals surface area contributed by atoms with Crippen LogP contribution in [0.2, 0.25) is 0 Å². The Kier molecular flexibility index (Phi) is 6.57. The van der Waals surface area contributed by atoms with Gasteiger partial charge >= 0.3 is 12.0 Å². The van der Waals surface area contributed by atoms with Crippen LogP contribution in [0.25, 0.3) is 0 Å². The highest BCUT2D eigenvalue weighted by atomic mass is 32.2. The van der Waals surface area contributed by atoms with Crippen molar-refractivity contribution in [3.05, 3.63) is 0 Å². The van der Waals surface area contributed by atoms with Crippen molar-refractivity contribution in [2.45, 2.75) is 37.5 Å². The van der Waals surface area contributed by atoms with Gasteiger partial charge in [0.1, 0.15) is 6.54 Å². The Balaban J connectivity index is 2.55. The third kappa shape index (κ3) is 5.03. The molecule has 1 aliphatic rings. The van der Waals surface area contributed by atoms with Gasteiger partial charge in [-0.1, -0.05) is 19.3 Å². The van der Waals surface area contributed by atoms with Crippen molar-refractivity contribution in [1.29, 1.82) is 0 Å². The van der Waals surface area contributed by atoms with Crippen LogP contribution in [0.5, 0.6) is 0 Å². The number of nitrogens with one attached hydrogen (secondary N) is 1. The van der Waals surface area contributed by atoms with Crippen molar-refractivity contribution >= 4 is 23.8 Å². The third-order valence-electron chi connectivity index (χ3n) is 3.04. The Morgan fingerprint density at radius 1 is 1.53 bits per heavy atom. The highest BCUT2D eigenvalue weighted by Crippen LogP contribution is 2.29. The molecule has 5 nitrogen and oxygen atoms in total. The molecule has 0 bridgehead atoms. The monoisotopic (exact) mass is 284 g/mol. The van der Waals surface area contributed by atoms with Gasteiger partial charge in [-0.2, -0.15) is 11.8 Å². The van der Waals surface area contributed by atoms with E-state index < -0.39 is 5.97 Å². The summed E-state index contributed by atoms with van der Waals surface area (Å²) < 4.78 is 0. The van der Waals surface area contributed by atoms with Gasteiger partial charge < -0.3 is 15.3 Å². The van der Waals surface area contributed by atoms with E-state index in [4.69, 9.17) is 11.5 Å². The maximum atomic E-state index is 12.0. The van der Waals surface area contributed by atoms with Crippen molar-refractivity contribution in [3.63, 3.8) is 0 Å². The molecule has 2 amide bonds. The van der Waals surface area contributed by atoms with Crippen molar-refractivity contribution in [2.24, 2.45) is 0 Å². The smallest absolute Gasteiger partial charge is 0.323 e. The Hall–Kier alpha value is -1.35. The number of hydrogen-bond donors (Lipinski definition) is 2. The number of nitrogens with zero attached hydrogens (tertiary/aromatic N) is 1. The molecule has 2 unspecified atom stereocenters. The molecular weight excluding hydrogens is 264 g/mol. The molecule has 106 valence electrons. The van der Waals surface area contributed by atoms with Gasteiger partial charge in [0.2, 0.25) is 0 Å². The average molecular weight is 284 g/mol. The molecule has 6 heteroatoms. The number of carboxylic acid groups (broad SMARTS) is 1. The van der Waals surface area contributed by atoms with Crippen molar-refractivity contribution in [3.8, 4) is 12.3 Å². The first-order chi connectivity index (χ1) is 9.08. The lowest BCUT2D eigenvalue weighted by Crippen LogP contribution is -2.48. The molecule has 0 aromatic rings. The molecule has 0 spiro atoms. The average Bonchev–Trinajstić information content (AvgIpc) is 2.76. The number of amides is 2. The van der Waals surface area contributed by atoms with Crippen LogP contribution in [0.4, 0.5) is 4.79 Å². The molecule has 1 rings (SSSR count). The van der Waals surface area contributed by atoms with Crippen molar-refractivity contribution in [1.82, 2.24) is 10.2 Å². The second-order valence-electron chi connectivity index (χ2n) is 4.43. The normalized spacial score (nSPS) is 21.7. The summed E-state index contributed by atoms with van der Waals surface area (Å²) in [5, 5.41) is 12.1. The Morgan fingerprint density at radius 2 is 2.26 bits per heavy atom. The maximum Gasteiger partial charge on any atom is 0.323 e. The van der Waals surface area contributed by atoms with E-state index in [-0.39, 0.29) is 25.2 Å². The van der Waals surface area contributed by atoms with Crippen LogP contribution in [0.1, 0.15) is 26.2 Å². The van der Waals surface area contributed by atoms with Crippen molar-refractivity contribution < 1.29 is 14.7 Å². The molecule has 1 fully saturated rings. The summed E-state index contributed by atoms with van der Waals surface area (Å²) in [5.74, 6) is 2.27. The molecule has 1 aliphatic carbocycles. The first-order valence-corrected chi connectivity index (χ1v) is 7.45. The summed E-state index contributed by atoms with van der Waals surface area (Å²) in [6, 6.07) is -0.263. The summed E-state index contributed by atoms with van der Waals surface area (Å²) in [4.78, 5) is 23.9. The van der Waals surface area contributed by atoms with Gasteiger partial charge in [0, 0.05) is 11.3 Å². The number of rotatable bonds is 6. The lowest BCUT2D eigenvalue weighted by molar-refractivity contribution is -0.137. The number of aliphatic carboxylic acids is 1. The van der Waals surface area contributed by atoms with Crippen LogP contribution >= 0.6 is 11.8 Å². The summed E-state index contributed by atoms with van der Waals surface area (Å²) in [6.45, 7) is 1.74. The van der Waals surface area contributed by atoms with Crippen LogP contribution < -0.4 is 5.32 Å². The van der Waals surface area contributed by atoms with E-state index in [1.165, 1.54) is 0 Å². The van der Waals surface area contributed by atoms with E-state index in [2.05, 4.69) is 18.2 Å². The highest BCUT2D eigenvalue weighted by molar-refractivity contribution is 7.99. The zero-order valence-electron chi connectivity index (χ0n) is 11.1. The van der Waals surface area contributed by atoms with Gasteiger partial charge in [0.15, 0.2) is 0 Å². The minimum absolute atomic E-state index is 0.0104. The minimum Gasteiger partial charge on any atom is -0.480 e. The van der Waals surface area contributed by atoms with Crippen LogP contribution in [-0.2, 0) is 4.79 Å². The summed E-state index contributed by atoms with van der Waals surface area (Å²) >= 11 is 1.84. The van der Waals surface area contributed by atoms with Crippen molar-refractivity contribution in [2.75, 3.05) is 18.8 Å². The van der Waals surface area contributed by atoms with Crippen LogP contribution in [0.15, 0.2) is 0 Å². The zero-order valence-corrected chi connectivity index (χ0v) is 11.9. The number of urea groups is 1. The number of thioether (sulfide) groups is 1. The number of terminal acetylenes is 1. The zero-order chi connectivity index (χ0) is 14.3. The Morgan fingerprint density at radius 3 is 2.84 bits per heavy atom. The van der Waals surface area contributed by atoms with E-state index in [0.29, 0.717) is 5.25 Å². The lowest BCUT2D eigenvalue weighted by atomic mass is 10.2. The van der Waals surface area contributed by atoms with Crippen LogP contribution in [0.3, 0.4) is 0 Å². The van der Waals surface area contributed by atoms with Gasteiger partial charge in [-0.05, 0) is 18.6 Å². The molecule has 19 heavy (non-hydrogen) atoms. The topological polar surface area (TPSA) is 69.6 Å². The molecule has 0 radical (unpaired) electrons. The summed E-state index contributed by atoms with van der Waals surface area (Å²) in [6.07, 6.45) is 8.29. The van der Waals surface area contributed by atoms with Gasteiger partial charge in [-0.3, -0.25) is 4.79 Å². The standard InChI is InChI=1S/C13H20N2O3S/c1-3-8-15(9-12(16)17)13(18)14-10-6-5-7-11(10)19-4-2/h1,10-11H,4-9H2,2H3,(H,14,18)(H,16,17). The molecule has 2 atom stereocenters. The van der Waals surface area contributed by atoms with E-state index in [1.54, 1.807) is 0 Å². The maximum absolute atomic E-state index is 12.0. The first kappa shape index (κ1) is 15.7. The highest BCUT2D eigenvalue weighted by Gasteiger charge is 2.29. The van der Waals surface area contributed by atoms with Crippen LogP contribution in [0, 0.1) is 12.3 Å². The number of hydrogen-bond acceptors (Lipinski definition) is 3. The molecule has 0 aliphatic heterocycles. The fourth-order valence-electron chi connectivity index (χ4n) is 2.23. The molecule has 0 heterocycles. The SMILES string of the molecule is C#CCN(CC(=O)O)C(=O)NC1CCCC1SCC. The molecular formula is C13H20N2O3S. The number of carbonyl (C=O) groups is 2. The largest absolute Gasteiger partial charge is 0.480 e. The molecule has 0 aromatic carbocycles. The second kappa shape index (κ2) is 7.95. The fraction of sp³-hybridized carbons (Fsp3) is 0.692. The van der Waals surface area contributed by atoms with E-state index in [1.807, 2.05) is 11.8 Å².